The highest BCUT2D eigenvalue weighted by molar-refractivity contribution is 5.91. The third-order valence-corrected chi connectivity index (χ3v) is 4.27. The summed E-state index contributed by atoms with van der Waals surface area (Å²) in [5, 5.41) is 17.0. The lowest BCUT2D eigenvalue weighted by Crippen LogP contribution is -2.16. The van der Waals surface area contributed by atoms with E-state index in [1.54, 1.807) is 0 Å². The maximum atomic E-state index is 12.9. The zero-order valence-electron chi connectivity index (χ0n) is 14.8. The maximum absolute atomic E-state index is 12.9. The molecule has 1 amide bonds. The number of nitrogens with one attached hydrogen (secondary N) is 1. The van der Waals surface area contributed by atoms with Gasteiger partial charge >= 0.3 is 6.18 Å². The van der Waals surface area contributed by atoms with Gasteiger partial charge in [0.1, 0.15) is 5.75 Å². The number of carbonyl (C=O) groups is 1. The first-order valence-electron chi connectivity index (χ1n) is 8.45. The highest BCUT2D eigenvalue weighted by Gasteiger charge is 2.37. The van der Waals surface area contributed by atoms with Crippen molar-refractivity contribution >= 4 is 17.3 Å². The number of aryl methyl sites for hydroxylation is 1. The molecule has 0 saturated heterocycles. The topological polar surface area (TPSA) is 99.3 Å². The van der Waals surface area contributed by atoms with Gasteiger partial charge in [-0.15, -0.1) is 0 Å². The molecule has 150 valence electrons. The molecule has 1 aliphatic carbocycles. The van der Waals surface area contributed by atoms with Crippen LogP contribution in [0.2, 0.25) is 0 Å². The number of nitrogens with zero attached hydrogens (tertiary/aromatic N) is 3. The molecule has 1 aromatic carbocycles. The number of carbonyl (C=O) groups excluding carboxylic acids is 1. The number of ether oxygens (including phenoxy) is 1. The van der Waals surface area contributed by atoms with Crippen molar-refractivity contribution in [2.75, 3.05) is 12.4 Å². The fourth-order valence-corrected chi connectivity index (χ4v) is 2.77. The summed E-state index contributed by atoms with van der Waals surface area (Å²) >= 11 is 0. The van der Waals surface area contributed by atoms with Gasteiger partial charge in [-0.2, -0.15) is 18.3 Å². The van der Waals surface area contributed by atoms with Crippen molar-refractivity contribution in [2.45, 2.75) is 37.9 Å². The van der Waals surface area contributed by atoms with Gasteiger partial charge in [0.25, 0.3) is 5.69 Å². The van der Waals surface area contributed by atoms with E-state index in [2.05, 4.69) is 10.4 Å². The van der Waals surface area contributed by atoms with Gasteiger partial charge in [-0.05, 0) is 18.9 Å². The molecule has 1 heterocycles. The fourth-order valence-electron chi connectivity index (χ4n) is 2.77. The molecular formula is C17H17F3N4O4. The minimum Gasteiger partial charge on any atom is -0.496 e. The number of amides is 1. The lowest BCUT2D eigenvalue weighted by Gasteiger charge is -2.09. The number of hydrogen-bond donors (Lipinski definition) is 1. The van der Waals surface area contributed by atoms with Gasteiger partial charge in [-0.3, -0.25) is 19.6 Å². The second-order valence-electron chi connectivity index (χ2n) is 6.42. The molecule has 0 aliphatic heterocycles. The number of methoxy groups -OCH3 is 1. The van der Waals surface area contributed by atoms with E-state index in [-0.39, 0.29) is 36.0 Å². The molecule has 0 atom stereocenters. The Kier molecular flexibility index (Phi) is 5.25. The van der Waals surface area contributed by atoms with Crippen molar-refractivity contribution < 1.29 is 27.6 Å². The van der Waals surface area contributed by atoms with Crippen molar-refractivity contribution in [3.8, 4) is 5.75 Å². The van der Waals surface area contributed by atoms with Gasteiger partial charge in [0.2, 0.25) is 5.91 Å². The molecule has 1 aromatic heterocycles. The van der Waals surface area contributed by atoms with Crippen LogP contribution >= 0.6 is 0 Å². The third-order valence-electron chi connectivity index (χ3n) is 4.27. The zero-order chi connectivity index (χ0) is 20.5. The van der Waals surface area contributed by atoms with Crippen molar-refractivity contribution in [1.29, 1.82) is 0 Å². The number of aromatic nitrogens is 2. The number of non-ortho nitro benzene ring substituents is 1. The molecule has 11 heteroatoms. The number of benzene rings is 1. The van der Waals surface area contributed by atoms with Crippen molar-refractivity contribution in [3.63, 3.8) is 0 Å². The van der Waals surface area contributed by atoms with Crippen LogP contribution in [0.3, 0.4) is 0 Å². The molecule has 3 rings (SSSR count). The number of rotatable bonds is 7. The summed E-state index contributed by atoms with van der Waals surface area (Å²) in [5.74, 6) is -0.275. The average Bonchev–Trinajstić information content (AvgIpc) is 3.37. The number of nitro groups is 1. The van der Waals surface area contributed by atoms with Crippen LogP contribution in [0.1, 0.15) is 36.6 Å². The lowest BCUT2D eigenvalue weighted by atomic mass is 10.2. The number of alkyl halides is 3. The molecule has 1 saturated carbocycles. The molecule has 0 bridgehead atoms. The molecule has 1 fully saturated rings. The lowest BCUT2D eigenvalue weighted by molar-refractivity contribution is -0.384. The summed E-state index contributed by atoms with van der Waals surface area (Å²) in [4.78, 5) is 22.5. The SMILES string of the molecule is COc1cc(NC(=O)CCn2nc(C(F)(F)F)cc2C2CC2)cc([N+](=O)[O-])c1. The number of anilines is 1. The third kappa shape index (κ3) is 4.59. The number of nitro benzene ring substituents is 1. The normalized spacial score (nSPS) is 14.0. The van der Waals surface area contributed by atoms with Crippen molar-refractivity contribution in [1.82, 2.24) is 9.78 Å². The summed E-state index contributed by atoms with van der Waals surface area (Å²) in [5.41, 5.74) is -0.599. The van der Waals surface area contributed by atoms with Gasteiger partial charge in [-0.25, -0.2) is 0 Å². The molecule has 0 unspecified atom stereocenters. The first kappa shape index (κ1) is 19.6. The fraction of sp³-hybridized carbons (Fsp3) is 0.412. The molecule has 8 nitrogen and oxygen atoms in total. The van der Waals surface area contributed by atoms with E-state index in [1.165, 1.54) is 30.0 Å². The van der Waals surface area contributed by atoms with Gasteiger partial charge in [0.05, 0.1) is 23.8 Å². The Morgan fingerprint density at radius 3 is 2.64 bits per heavy atom. The first-order valence-corrected chi connectivity index (χ1v) is 8.45. The van der Waals surface area contributed by atoms with Crippen LogP contribution in [-0.4, -0.2) is 27.7 Å². The Hall–Kier alpha value is -3.11. The molecule has 1 aliphatic rings. The second-order valence-corrected chi connectivity index (χ2v) is 6.42. The van der Waals surface area contributed by atoms with Crippen molar-refractivity contribution in [2.24, 2.45) is 0 Å². The van der Waals surface area contributed by atoms with Gasteiger partial charge in [-0.1, -0.05) is 0 Å². The predicted octanol–water partition coefficient (Wildman–Crippen LogP) is 3.72. The second kappa shape index (κ2) is 7.49. The molecule has 0 radical (unpaired) electrons. The van der Waals surface area contributed by atoms with Crippen LogP contribution in [0.5, 0.6) is 5.75 Å². The molecule has 0 spiro atoms. The van der Waals surface area contributed by atoms with Crippen LogP contribution in [0.25, 0.3) is 0 Å². The minimum atomic E-state index is -4.54. The summed E-state index contributed by atoms with van der Waals surface area (Å²) in [6, 6.07) is 4.82. The Morgan fingerprint density at radius 1 is 1.36 bits per heavy atom. The summed E-state index contributed by atoms with van der Waals surface area (Å²) in [7, 11) is 1.33. The van der Waals surface area contributed by atoms with Crippen LogP contribution in [0.15, 0.2) is 24.3 Å². The maximum Gasteiger partial charge on any atom is 0.435 e. The van der Waals surface area contributed by atoms with E-state index in [0.717, 1.165) is 18.9 Å². The van der Waals surface area contributed by atoms with Gasteiger partial charge in [0.15, 0.2) is 5.69 Å². The highest BCUT2D eigenvalue weighted by Crippen LogP contribution is 2.42. The molecular weight excluding hydrogens is 381 g/mol. The zero-order valence-corrected chi connectivity index (χ0v) is 14.8. The Labute approximate surface area is 157 Å². The van der Waals surface area contributed by atoms with Gasteiger partial charge in [0, 0.05) is 36.7 Å². The van der Waals surface area contributed by atoms with Crippen LogP contribution in [0.4, 0.5) is 24.5 Å². The largest absolute Gasteiger partial charge is 0.496 e. The Bertz CT molecular complexity index is 906. The summed E-state index contributed by atoms with van der Waals surface area (Å²) in [6.07, 6.45) is -3.09. The van der Waals surface area contributed by atoms with Crippen LogP contribution < -0.4 is 10.1 Å². The molecule has 28 heavy (non-hydrogen) atoms. The van der Waals surface area contributed by atoms with E-state index < -0.39 is 22.7 Å². The smallest absolute Gasteiger partial charge is 0.435 e. The Balaban J connectivity index is 1.69. The van der Waals surface area contributed by atoms with Crippen molar-refractivity contribution in [3.05, 3.63) is 45.8 Å². The number of halogens is 3. The Morgan fingerprint density at radius 2 is 2.07 bits per heavy atom. The van der Waals surface area contributed by atoms with E-state index in [1.807, 2.05) is 0 Å². The highest BCUT2D eigenvalue weighted by atomic mass is 19.4. The van der Waals surface area contributed by atoms with E-state index in [0.29, 0.717) is 5.69 Å². The van der Waals surface area contributed by atoms with E-state index >= 15 is 0 Å². The molecule has 2 aromatic rings. The summed E-state index contributed by atoms with van der Waals surface area (Å²) < 4.78 is 44.9. The quantitative estimate of drug-likeness (QED) is 0.566. The monoisotopic (exact) mass is 398 g/mol. The van der Waals surface area contributed by atoms with E-state index in [4.69, 9.17) is 4.74 Å². The summed E-state index contributed by atoms with van der Waals surface area (Å²) in [6.45, 7) is -0.0280. The average molecular weight is 398 g/mol. The standard InChI is InChI=1S/C17H17F3N4O4/c1-28-13-7-11(6-12(8-13)24(26)27)21-16(25)4-5-23-14(10-2-3-10)9-15(22-23)17(18,19)20/h6-10H,2-5H2,1H3,(H,21,25). The first-order chi connectivity index (χ1) is 13.2. The van der Waals surface area contributed by atoms with Gasteiger partial charge < -0.3 is 10.1 Å². The van der Waals surface area contributed by atoms with Crippen LogP contribution in [0, 0.1) is 10.1 Å². The number of hydrogen-bond acceptors (Lipinski definition) is 5. The van der Waals surface area contributed by atoms with E-state index in [9.17, 15) is 28.1 Å². The molecule has 1 N–H and O–H groups in total. The van der Waals surface area contributed by atoms with Crippen LogP contribution in [-0.2, 0) is 17.5 Å². The minimum absolute atomic E-state index is 0.0280. The predicted molar refractivity (Wildman–Crippen MR) is 92.1 cm³/mol.